The maximum absolute atomic E-state index is 2.44. The molecule has 0 fully saturated rings. The van der Waals surface area contributed by atoms with E-state index in [-0.39, 0.29) is 0 Å². The fourth-order valence-corrected chi connectivity index (χ4v) is 9.71. The highest BCUT2D eigenvalue weighted by Gasteiger charge is 2.18. The minimum absolute atomic E-state index is 0.479. The molecule has 7 rings (SSSR count). The van der Waals surface area contributed by atoms with Crippen LogP contribution < -0.4 is 5.30 Å². The van der Waals surface area contributed by atoms with Crippen LogP contribution >= 0.6 is 18.5 Å². The Bertz CT molecular complexity index is 1730. The third-order valence-electron chi connectivity index (χ3n) is 7.09. The lowest BCUT2D eigenvalue weighted by Gasteiger charge is -2.21. The molecule has 1 unspecified atom stereocenters. The van der Waals surface area contributed by atoms with Crippen molar-refractivity contribution >= 4 is 56.1 Å². The summed E-state index contributed by atoms with van der Waals surface area (Å²) in [6.45, 7) is 0. The summed E-state index contributed by atoms with van der Waals surface area (Å²) in [7, 11) is -0.479. The van der Waals surface area contributed by atoms with Gasteiger partial charge in [-0.15, -0.1) is 0 Å². The van der Waals surface area contributed by atoms with Gasteiger partial charge < -0.3 is 0 Å². The zero-order chi connectivity index (χ0) is 23.9. The van der Waals surface area contributed by atoms with Gasteiger partial charge in [-0.25, -0.2) is 0 Å². The Morgan fingerprint density at radius 2 is 1.31 bits per heavy atom. The molecule has 0 saturated heterocycles. The zero-order valence-electron chi connectivity index (χ0n) is 19.9. The second-order valence-electron chi connectivity index (χ2n) is 9.32. The number of allylic oxidation sites excluding steroid dienone is 4. The van der Waals surface area contributed by atoms with Crippen molar-refractivity contribution in [3.05, 3.63) is 133 Å². The molecule has 0 bridgehead atoms. The lowest BCUT2D eigenvalue weighted by Crippen LogP contribution is -1.99. The third kappa shape index (κ3) is 3.84. The van der Waals surface area contributed by atoms with E-state index in [2.05, 4.69) is 127 Å². The van der Waals surface area contributed by atoms with Gasteiger partial charge in [0.1, 0.15) is 0 Å². The molecule has 0 heterocycles. The summed E-state index contributed by atoms with van der Waals surface area (Å²) in [5.74, 6) is 0. The number of hydrogen-bond acceptors (Lipinski definition) is 1. The van der Waals surface area contributed by atoms with Crippen molar-refractivity contribution in [3.63, 3.8) is 0 Å². The first-order valence-corrected chi connectivity index (χ1v) is 15.3. The maximum atomic E-state index is 2.44. The summed E-state index contributed by atoms with van der Waals surface area (Å²) in [6.07, 6.45) is 9.40. The quantitative estimate of drug-likeness (QED) is 0.169. The van der Waals surface area contributed by atoms with E-state index < -0.39 is 7.12 Å². The smallest absolute Gasteiger partial charge is 0.0204 e. The van der Waals surface area contributed by atoms with Gasteiger partial charge in [-0.3, -0.25) is 0 Å². The van der Waals surface area contributed by atoms with E-state index in [9.17, 15) is 0 Å². The lowest BCUT2D eigenvalue weighted by atomic mass is 9.90. The van der Waals surface area contributed by atoms with E-state index in [4.69, 9.17) is 0 Å². The van der Waals surface area contributed by atoms with E-state index in [1.165, 1.54) is 59.0 Å². The largest absolute Gasteiger partial charge is 0.0888 e. The topological polar surface area (TPSA) is 0 Å². The summed E-state index contributed by atoms with van der Waals surface area (Å²) >= 11 is 2.01. The highest BCUT2D eigenvalue weighted by Crippen LogP contribution is 2.60. The van der Waals surface area contributed by atoms with Gasteiger partial charge in [0.15, 0.2) is 0 Å². The van der Waals surface area contributed by atoms with Crippen LogP contribution in [-0.2, 0) is 0 Å². The molecule has 1 aliphatic carbocycles. The van der Waals surface area contributed by atoms with Crippen LogP contribution in [-0.4, -0.2) is 0 Å². The molecule has 172 valence electrons. The summed E-state index contributed by atoms with van der Waals surface area (Å²) < 4.78 is 0. The van der Waals surface area contributed by atoms with Crippen LogP contribution in [0.1, 0.15) is 12.8 Å². The summed E-state index contributed by atoms with van der Waals surface area (Å²) in [5.41, 5.74) is 2.58. The molecule has 36 heavy (non-hydrogen) atoms. The first-order chi connectivity index (χ1) is 17.8. The summed E-state index contributed by atoms with van der Waals surface area (Å²) in [6, 6.07) is 40.5. The van der Waals surface area contributed by atoms with Gasteiger partial charge in [-0.05, 0) is 79.0 Å². The molecule has 0 saturated carbocycles. The Hall–Kier alpha value is -3.38. The van der Waals surface area contributed by atoms with Crippen molar-refractivity contribution in [2.45, 2.75) is 17.7 Å². The normalized spacial score (nSPS) is 14.5. The van der Waals surface area contributed by atoms with E-state index >= 15 is 0 Å². The molecule has 0 amide bonds. The van der Waals surface area contributed by atoms with Gasteiger partial charge in [0.05, 0.1) is 0 Å². The van der Waals surface area contributed by atoms with Gasteiger partial charge >= 0.3 is 0 Å². The van der Waals surface area contributed by atoms with Crippen molar-refractivity contribution < 1.29 is 0 Å². The molecule has 0 aliphatic heterocycles. The first kappa shape index (κ1) is 21.9. The third-order valence-corrected chi connectivity index (χ3v) is 11.8. The van der Waals surface area contributed by atoms with Gasteiger partial charge in [0, 0.05) is 12.0 Å². The molecular formula is C34H25PS. The van der Waals surface area contributed by atoms with Crippen molar-refractivity contribution in [1.29, 1.82) is 0 Å². The molecule has 1 atom stereocenters. The van der Waals surface area contributed by atoms with Gasteiger partial charge in [-0.2, -0.15) is 0 Å². The number of benzene rings is 6. The molecule has 0 aromatic heterocycles. The van der Waals surface area contributed by atoms with Gasteiger partial charge in [0.2, 0.25) is 0 Å². The van der Waals surface area contributed by atoms with Crippen molar-refractivity contribution in [2.24, 2.45) is 0 Å². The molecule has 0 nitrogen and oxygen atoms in total. The molecular weight excluding hydrogens is 471 g/mol. The second-order valence-corrected chi connectivity index (χ2v) is 13.2. The first-order valence-electron chi connectivity index (χ1n) is 12.5. The molecule has 0 radical (unpaired) electrons. The summed E-state index contributed by atoms with van der Waals surface area (Å²) in [5, 5.41) is 10.9. The fraction of sp³-hybridized carbons (Fsp3) is 0.0588. The predicted molar refractivity (Wildman–Crippen MR) is 161 cm³/mol. The summed E-state index contributed by atoms with van der Waals surface area (Å²) in [4.78, 5) is 1.33. The van der Waals surface area contributed by atoms with Crippen LogP contribution in [0.3, 0.4) is 0 Å². The van der Waals surface area contributed by atoms with Gasteiger partial charge in [0.25, 0.3) is 0 Å². The monoisotopic (exact) mass is 496 g/mol. The van der Waals surface area contributed by atoms with E-state index in [0.29, 0.717) is 0 Å². The Morgan fingerprint density at radius 3 is 2.06 bits per heavy atom. The highest BCUT2D eigenvalue weighted by atomic mass is 32.7. The minimum atomic E-state index is -0.479. The minimum Gasteiger partial charge on any atom is -0.0888 e. The van der Waals surface area contributed by atoms with Crippen LogP contribution in [0.5, 0.6) is 0 Å². The second kappa shape index (κ2) is 9.25. The Morgan fingerprint density at radius 1 is 0.583 bits per heavy atom. The van der Waals surface area contributed by atoms with Crippen LogP contribution in [0.25, 0.3) is 43.4 Å². The standard InChI is InChI=1S/C34H25PS/c1-3-10-28(11-4-1)35(29-12-5-2-6-13-29)36-30-20-16-24(17-21-30)31-22-18-27-15-14-25-8-7-9-26-19-23-32(31)34(27)33(25)26/h1,3-5,7-23H,2,6H2. The van der Waals surface area contributed by atoms with Crippen LogP contribution in [0, 0.1) is 0 Å². The average molecular weight is 497 g/mol. The Balaban J connectivity index is 1.27. The molecule has 6 aromatic carbocycles. The number of rotatable bonds is 5. The van der Waals surface area contributed by atoms with Crippen LogP contribution in [0.4, 0.5) is 0 Å². The van der Waals surface area contributed by atoms with Crippen LogP contribution in [0.2, 0.25) is 0 Å². The predicted octanol–water partition coefficient (Wildman–Crippen LogP) is 10.3. The molecule has 2 heteroatoms. The van der Waals surface area contributed by atoms with E-state index in [1.807, 2.05) is 11.4 Å². The highest BCUT2D eigenvalue weighted by molar-refractivity contribution is 8.59. The molecule has 1 aliphatic rings. The van der Waals surface area contributed by atoms with Crippen molar-refractivity contribution in [1.82, 2.24) is 0 Å². The maximum Gasteiger partial charge on any atom is 0.0204 e. The lowest BCUT2D eigenvalue weighted by molar-refractivity contribution is 1.03. The van der Waals surface area contributed by atoms with E-state index in [1.54, 1.807) is 0 Å². The molecule has 6 aromatic rings. The van der Waals surface area contributed by atoms with Crippen molar-refractivity contribution in [2.75, 3.05) is 0 Å². The van der Waals surface area contributed by atoms with Crippen LogP contribution in [0.15, 0.2) is 138 Å². The fourth-order valence-electron chi connectivity index (χ4n) is 5.36. The van der Waals surface area contributed by atoms with Gasteiger partial charge in [-0.1, -0.05) is 127 Å². The SMILES string of the molecule is C1=CC(P(Sc2ccc(-c3ccc4ccc5cccc6ccc3c4c56)cc2)c2ccccc2)=CCC1. The Kier molecular flexibility index (Phi) is 5.62. The molecule has 0 N–H and O–H groups in total. The number of hydrogen-bond donors (Lipinski definition) is 0. The Labute approximate surface area is 217 Å². The van der Waals surface area contributed by atoms with E-state index in [0.717, 1.165) is 12.8 Å². The van der Waals surface area contributed by atoms with Crippen molar-refractivity contribution in [3.8, 4) is 11.1 Å². The average Bonchev–Trinajstić information content (AvgIpc) is 2.96. The zero-order valence-corrected chi connectivity index (χ0v) is 21.6. The molecule has 0 spiro atoms.